The monoisotopic (exact) mass is 207 g/mol. The number of nitrogens with one attached hydrogen (secondary N) is 1. The summed E-state index contributed by atoms with van der Waals surface area (Å²) in [5, 5.41) is 0. The summed E-state index contributed by atoms with van der Waals surface area (Å²) < 4.78 is 0. The van der Waals surface area contributed by atoms with Gasteiger partial charge in [0.2, 0.25) is 0 Å². The van der Waals surface area contributed by atoms with E-state index < -0.39 is 0 Å². The SMILES string of the molecule is CN(Cc1ccc[nH]1)C1CCCCC1N. The molecule has 0 saturated heterocycles. The van der Waals surface area contributed by atoms with Crippen molar-refractivity contribution in [1.29, 1.82) is 0 Å². The summed E-state index contributed by atoms with van der Waals surface area (Å²) >= 11 is 0. The highest BCUT2D eigenvalue weighted by atomic mass is 15.2. The van der Waals surface area contributed by atoms with Gasteiger partial charge in [0, 0.05) is 30.5 Å². The van der Waals surface area contributed by atoms with Crippen LogP contribution in [0, 0.1) is 0 Å². The van der Waals surface area contributed by atoms with Crippen LogP contribution >= 0.6 is 0 Å². The molecule has 1 aromatic heterocycles. The maximum Gasteiger partial charge on any atom is 0.0385 e. The van der Waals surface area contributed by atoms with E-state index in [1.54, 1.807) is 0 Å². The molecule has 0 spiro atoms. The Morgan fingerprint density at radius 3 is 2.93 bits per heavy atom. The van der Waals surface area contributed by atoms with Gasteiger partial charge >= 0.3 is 0 Å². The van der Waals surface area contributed by atoms with Crippen molar-refractivity contribution in [3.05, 3.63) is 24.0 Å². The van der Waals surface area contributed by atoms with Gasteiger partial charge in [-0.05, 0) is 32.0 Å². The molecule has 0 aliphatic heterocycles. The average molecular weight is 207 g/mol. The van der Waals surface area contributed by atoms with Gasteiger partial charge in [0.05, 0.1) is 0 Å². The molecule has 0 radical (unpaired) electrons. The first-order valence-corrected chi connectivity index (χ1v) is 5.85. The molecule has 1 aliphatic carbocycles. The smallest absolute Gasteiger partial charge is 0.0385 e. The molecule has 1 fully saturated rings. The van der Waals surface area contributed by atoms with E-state index in [9.17, 15) is 0 Å². The fourth-order valence-corrected chi connectivity index (χ4v) is 2.54. The highest BCUT2D eigenvalue weighted by Crippen LogP contribution is 2.21. The molecule has 1 heterocycles. The Balaban J connectivity index is 1.91. The lowest BCUT2D eigenvalue weighted by Crippen LogP contribution is -2.47. The topological polar surface area (TPSA) is 45.0 Å². The second kappa shape index (κ2) is 4.81. The first-order valence-electron chi connectivity index (χ1n) is 5.85. The van der Waals surface area contributed by atoms with Gasteiger partial charge in [-0.15, -0.1) is 0 Å². The number of nitrogens with zero attached hydrogens (tertiary/aromatic N) is 1. The van der Waals surface area contributed by atoms with Crippen LogP contribution in [0.15, 0.2) is 18.3 Å². The van der Waals surface area contributed by atoms with Crippen LogP contribution in [0.3, 0.4) is 0 Å². The van der Waals surface area contributed by atoms with Gasteiger partial charge in [-0.3, -0.25) is 4.90 Å². The van der Waals surface area contributed by atoms with E-state index >= 15 is 0 Å². The summed E-state index contributed by atoms with van der Waals surface area (Å²) in [5.74, 6) is 0. The maximum atomic E-state index is 6.16. The molecule has 0 aromatic carbocycles. The van der Waals surface area contributed by atoms with E-state index in [-0.39, 0.29) is 0 Å². The van der Waals surface area contributed by atoms with Gasteiger partial charge in [-0.1, -0.05) is 12.8 Å². The first-order chi connectivity index (χ1) is 7.27. The van der Waals surface area contributed by atoms with Crippen LogP contribution in [0.4, 0.5) is 0 Å². The summed E-state index contributed by atoms with van der Waals surface area (Å²) in [6, 6.07) is 5.09. The van der Waals surface area contributed by atoms with E-state index in [4.69, 9.17) is 5.73 Å². The third-order valence-corrected chi connectivity index (χ3v) is 3.43. The Labute approximate surface area is 91.7 Å². The molecule has 1 aromatic rings. The molecule has 15 heavy (non-hydrogen) atoms. The van der Waals surface area contributed by atoms with E-state index in [1.807, 2.05) is 12.3 Å². The van der Waals surface area contributed by atoms with Crippen LogP contribution in [0.2, 0.25) is 0 Å². The average Bonchev–Trinajstić information content (AvgIpc) is 2.71. The zero-order chi connectivity index (χ0) is 10.7. The van der Waals surface area contributed by atoms with Crippen LogP contribution in [-0.4, -0.2) is 29.0 Å². The Morgan fingerprint density at radius 2 is 2.27 bits per heavy atom. The lowest BCUT2D eigenvalue weighted by molar-refractivity contribution is 0.161. The summed E-state index contributed by atoms with van der Waals surface area (Å²) in [6.45, 7) is 0.978. The summed E-state index contributed by atoms with van der Waals surface area (Å²) in [5.41, 5.74) is 7.43. The number of aromatic amines is 1. The van der Waals surface area contributed by atoms with Crippen molar-refractivity contribution in [3.63, 3.8) is 0 Å². The molecule has 3 nitrogen and oxygen atoms in total. The van der Waals surface area contributed by atoms with Gasteiger partial charge < -0.3 is 10.7 Å². The Morgan fingerprint density at radius 1 is 1.47 bits per heavy atom. The Bertz CT molecular complexity index is 281. The predicted molar refractivity (Wildman–Crippen MR) is 62.5 cm³/mol. The molecule has 2 unspecified atom stereocenters. The van der Waals surface area contributed by atoms with E-state index in [2.05, 4.69) is 23.0 Å². The van der Waals surface area contributed by atoms with Gasteiger partial charge in [0.25, 0.3) is 0 Å². The molecule has 0 bridgehead atoms. The standard InChI is InChI=1S/C12H21N3/c1-15(9-10-5-4-8-14-10)12-7-3-2-6-11(12)13/h4-5,8,11-12,14H,2-3,6-7,9,13H2,1H3. The van der Waals surface area contributed by atoms with Crippen LogP contribution in [0.1, 0.15) is 31.4 Å². The minimum absolute atomic E-state index is 0.360. The number of nitrogens with two attached hydrogens (primary N) is 1. The minimum Gasteiger partial charge on any atom is -0.364 e. The Hall–Kier alpha value is -0.800. The minimum atomic E-state index is 0.360. The molecule has 1 aliphatic rings. The molecular weight excluding hydrogens is 186 g/mol. The number of aromatic nitrogens is 1. The summed E-state index contributed by atoms with van der Waals surface area (Å²) in [6.07, 6.45) is 7.03. The number of hydrogen-bond donors (Lipinski definition) is 2. The quantitative estimate of drug-likeness (QED) is 0.792. The molecule has 3 heteroatoms. The van der Waals surface area contributed by atoms with E-state index in [0.29, 0.717) is 12.1 Å². The zero-order valence-corrected chi connectivity index (χ0v) is 9.45. The van der Waals surface area contributed by atoms with Crippen molar-refractivity contribution < 1.29 is 0 Å². The van der Waals surface area contributed by atoms with Crippen molar-refractivity contribution in [2.75, 3.05) is 7.05 Å². The normalized spacial score (nSPS) is 27.1. The third-order valence-electron chi connectivity index (χ3n) is 3.43. The number of likely N-dealkylation sites (N-methyl/N-ethyl adjacent to an activating group) is 1. The summed E-state index contributed by atoms with van der Waals surface area (Å²) in [4.78, 5) is 5.62. The second-order valence-corrected chi connectivity index (χ2v) is 4.63. The second-order valence-electron chi connectivity index (χ2n) is 4.63. The molecule has 2 rings (SSSR count). The van der Waals surface area contributed by atoms with Crippen molar-refractivity contribution in [2.24, 2.45) is 5.73 Å². The van der Waals surface area contributed by atoms with E-state index in [1.165, 1.54) is 31.4 Å². The predicted octanol–water partition coefficient (Wildman–Crippen LogP) is 1.72. The van der Waals surface area contributed by atoms with Crippen LogP contribution in [-0.2, 0) is 6.54 Å². The van der Waals surface area contributed by atoms with Gasteiger partial charge in [0.15, 0.2) is 0 Å². The Kier molecular flexibility index (Phi) is 3.44. The zero-order valence-electron chi connectivity index (χ0n) is 9.45. The highest BCUT2D eigenvalue weighted by Gasteiger charge is 2.25. The maximum absolute atomic E-state index is 6.16. The van der Waals surface area contributed by atoms with Gasteiger partial charge in [0.1, 0.15) is 0 Å². The number of rotatable bonds is 3. The lowest BCUT2D eigenvalue weighted by atomic mass is 9.90. The fraction of sp³-hybridized carbons (Fsp3) is 0.667. The third kappa shape index (κ3) is 2.61. The van der Waals surface area contributed by atoms with Crippen molar-refractivity contribution in [3.8, 4) is 0 Å². The number of H-pyrrole nitrogens is 1. The summed E-state index contributed by atoms with van der Waals surface area (Å²) in [7, 11) is 2.18. The molecule has 0 amide bonds. The van der Waals surface area contributed by atoms with Crippen molar-refractivity contribution in [1.82, 2.24) is 9.88 Å². The fourth-order valence-electron chi connectivity index (χ4n) is 2.54. The van der Waals surface area contributed by atoms with Gasteiger partial charge in [-0.2, -0.15) is 0 Å². The first kappa shape index (κ1) is 10.7. The number of hydrogen-bond acceptors (Lipinski definition) is 2. The van der Waals surface area contributed by atoms with Crippen LogP contribution < -0.4 is 5.73 Å². The molecule has 84 valence electrons. The lowest BCUT2D eigenvalue weighted by Gasteiger charge is -2.35. The van der Waals surface area contributed by atoms with Crippen molar-refractivity contribution >= 4 is 0 Å². The molecule has 2 atom stereocenters. The van der Waals surface area contributed by atoms with Crippen LogP contribution in [0.25, 0.3) is 0 Å². The van der Waals surface area contributed by atoms with Crippen molar-refractivity contribution in [2.45, 2.75) is 44.3 Å². The highest BCUT2D eigenvalue weighted by molar-refractivity contribution is 5.03. The van der Waals surface area contributed by atoms with Crippen LogP contribution in [0.5, 0.6) is 0 Å². The molecule has 1 saturated carbocycles. The largest absolute Gasteiger partial charge is 0.364 e. The molecule has 3 N–H and O–H groups in total. The van der Waals surface area contributed by atoms with Gasteiger partial charge in [-0.25, -0.2) is 0 Å². The van der Waals surface area contributed by atoms with E-state index in [0.717, 1.165) is 6.54 Å². The molecular formula is C12H21N3.